The third-order valence-electron chi connectivity index (χ3n) is 4.78. The van der Waals surface area contributed by atoms with E-state index in [9.17, 15) is 17.6 Å². The molecule has 2 atom stereocenters. The molecule has 0 saturated carbocycles. The van der Waals surface area contributed by atoms with Gasteiger partial charge in [-0.15, -0.1) is 12.4 Å². The number of nitrogens with one attached hydrogen (secondary N) is 2. The third-order valence-corrected chi connectivity index (χ3v) is 4.78. The van der Waals surface area contributed by atoms with Gasteiger partial charge in [-0.25, -0.2) is 22.6 Å². The number of guanidine groups is 1. The van der Waals surface area contributed by atoms with Crippen molar-refractivity contribution in [2.45, 2.75) is 18.6 Å². The predicted molar refractivity (Wildman–Crippen MR) is 109 cm³/mol. The fourth-order valence-corrected chi connectivity index (χ4v) is 3.35. The summed E-state index contributed by atoms with van der Waals surface area (Å²) in [5, 5.41) is 6.07. The first-order valence-electron chi connectivity index (χ1n) is 9.04. The molecule has 1 aliphatic rings. The maximum atomic E-state index is 14.4. The Bertz CT molecular complexity index is 1070. The monoisotopic (exact) mass is 435 g/mol. The number of nitrogens with zero attached hydrogens (tertiary/aromatic N) is 1. The molecule has 8 heteroatoms. The third kappa shape index (κ3) is 4.41. The van der Waals surface area contributed by atoms with E-state index in [1.54, 1.807) is 36.4 Å². The molecule has 3 nitrogen and oxygen atoms in total. The van der Waals surface area contributed by atoms with E-state index >= 15 is 0 Å². The summed E-state index contributed by atoms with van der Waals surface area (Å²) < 4.78 is 55.3. The van der Waals surface area contributed by atoms with E-state index in [2.05, 4.69) is 15.6 Å². The Hall–Kier alpha value is -3.06. The van der Waals surface area contributed by atoms with Gasteiger partial charge in [0, 0.05) is 17.7 Å². The molecule has 1 aliphatic heterocycles. The van der Waals surface area contributed by atoms with Crippen LogP contribution in [0.25, 0.3) is 0 Å². The van der Waals surface area contributed by atoms with E-state index in [1.807, 2.05) is 0 Å². The molecular weight excluding hydrogens is 418 g/mol. The SMILES string of the molecule is Cl.Fc1ccc(CNC2=NC(c3ccccc3F)C(c3ccccc3F)N2)cc1F. The summed E-state index contributed by atoms with van der Waals surface area (Å²) in [4.78, 5) is 4.49. The molecule has 0 aromatic heterocycles. The zero-order valence-corrected chi connectivity index (χ0v) is 16.4. The fraction of sp³-hybridized carbons (Fsp3) is 0.136. The maximum Gasteiger partial charge on any atom is 0.192 e. The molecule has 1 heterocycles. The lowest BCUT2D eigenvalue weighted by molar-refractivity contribution is 0.501. The van der Waals surface area contributed by atoms with Gasteiger partial charge in [0.25, 0.3) is 0 Å². The smallest absolute Gasteiger partial charge is 0.192 e. The second-order valence-electron chi connectivity index (χ2n) is 6.69. The Labute approximate surface area is 177 Å². The molecule has 0 spiro atoms. The number of hydrogen-bond acceptors (Lipinski definition) is 3. The highest BCUT2D eigenvalue weighted by Gasteiger charge is 2.34. The summed E-state index contributed by atoms with van der Waals surface area (Å²) in [5.74, 6) is -2.42. The minimum absolute atomic E-state index is 0. The molecule has 2 N–H and O–H groups in total. The number of benzene rings is 3. The van der Waals surface area contributed by atoms with Crippen molar-refractivity contribution >= 4 is 18.4 Å². The molecule has 0 amide bonds. The first-order valence-corrected chi connectivity index (χ1v) is 9.04. The van der Waals surface area contributed by atoms with Gasteiger partial charge in [0.05, 0.1) is 6.04 Å². The van der Waals surface area contributed by atoms with Crippen molar-refractivity contribution in [2.75, 3.05) is 0 Å². The van der Waals surface area contributed by atoms with Crippen LogP contribution >= 0.6 is 12.4 Å². The van der Waals surface area contributed by atoms with Crippen LogP contribution in [0, 0.1) is 23.3 Å². The van der Waals surface area contributed by atoms with Crippen LogP contribution in [0.5, 0.6) is 0 Å². The van der Waals surface area contributed by atoms with E-state index in [0.29, 0.717) is 22.6 Å². The van der Waals surface area contributed by atoms with Crippen LogP contribution in [0.2, 0.25) is 0 Å². The summed E-state index contributed by atoms with van der Waals surface area (Å²) in [5.41, 5.74) is 1.19. The first-order chi connectivity index (χ1) is 14.0. The Morgan fingerprint density at radius 3 is 2.03 bits per heavy atom. The van der Waals surface area contributed by atoms with E-state index in [4.69, 9.17) is 0 Å². The minimum atomic E-state index is -0.945. The lowest BCUT2D eigenvalue weighted by atomic mass is 9.94. The average molecular weight is 436 g/mol. The van der Waals surface area contributed by atoms with E-state index in [-0.39, 0.29) is 19.0 Å². The highest BCUT2D eigenvalue weighted by Crippen LogP contribution is 2.37. The highest BCUT2D eigenvalue weighted by atomic mass is 35.5. The highest BCUT2D eigenvalue weighted by molar-refractivity contribution is 5.85. The second-order valence-corrected chi connectivity index (χ2v) is 6.69. The predicted octanol–water partition coefficient (Wildman–Crippen LogP) is 5.20. The summed E-state index contributed by atoms with van der Waals surface area (Å²) in [6.45, 7) is 0.164. The van der Waals surface area contributed by atoms with Gasteiger partial charge in [-0.3, -0.25) is 0 Å². The van der Waals surface area contributed by atoms with Crippen molar-refractivity contribution < 1.29 is 17.6 Å². The van der Waals surface area contributed by atoms with Crippen molar-refractivity contribution in [1.82, 2.24) is 10.6 Å². The Kier molecular flexibility index (Phi) is 6.62. The van der Waals surface area contributed by atoms with Crippen molar-refractivity contribution in [1.29, 1.82) is 0 Å². The van der Waals surface area contributed by atoms with Crippen molar-refractivity contribution in [3.63, 3.8) is 0 Å². The molecular formula is C22H18ClF4N3. The van der Waals surface area contributed by atoms with Crippen LogP contribution in [0.3, 0.4) is 0 Å². The fourth-order valence-electron chi connectivity index (χ4n) is 3.35. The van der Waals surface area contributed by atoms with Gasteiger partial charge < -0.3 is 10.6 Å². The molecule has 0 fully saturated rings. The molecule has 4 rings (SSSR count). The maximum absolute atomic E-state index is 14.4. The quantitative estimate of drug-likeness (QED) is 0.553. The van der Waals surface area contributed by atoms with Crippen molar-refractivity contribution in [3.8, 4) is 0 Å². The molecule has 3 aromatic carbocycles. The Morgan fingerprint density at radius 2 is 1.40 bits per heavy atom. The van der Waals surface area contributed by atoms with Crippen LogP contribution in [0.4, 0.5) is 17.6 Å². The topological polar surface area (TPSA) is 36.4 Å². The number of rotatable bonds is 4. The van der Waals surface area contributed by atoms with Gasteiger partial charge >= 0.3 is 0 Å². The summed E-state index contributed by atoms with van der Waals surface area (Å²) >= 11 is 0. The first kappa shape index (κ1) is 21.6. The summed E-state index contributed by atoms with van der Waals surface area (Å²) in [7, 11) is 0. The molecule has 0 aliphatic carbocycles. The Morgan fingerprint density at radius 1 is 0.767 bits per heavy atom. The van der Waals surface area contributed by atoms with E-state index < -0.39 is 35.4 Å². The lowest BCUT2D eigenvalue weighted by Gasteiger charge is -2.20. The zero-order chi connectivity index (χ0) is 20.4. The molecule has 0 bridgehead atoms. The Balaban J connectivity index is 0.00000256. The second kappa shape index (κ2) is 9.17. The largest absolute Gasteiger partial charge is 0.352 e. The van der Waals surface area contributed by atoms with Gasteiger partial charge in [0.2, 0.25) is 0 Å². The normalized spacial score (nSPS) is 17.7. The van der Waals surface area contributed by atoms with Gasteiger partial charge in [0.15, 0.2) is 17.6 Å². The van der Waals surface area contributed by atoms with E-state index in [0.717, 1.165) is 12.1 Å². The van der Waals surface area contributed by atoms with Gasteiger partial charge in [-0.2, -0.15) is 0 Å². The van der Waals surface area contributed by atoms with Crippen LogP contribution in [-0.4, -0.2) is 5.96 Å². The van der Waals surface area contributed by atoms with E-state index in [1.165, 1.54) is 18.2 Å². The molecule has 0 radical (unpaired) electrons. The lowest BCUT2D eigenvalue weighted by Crippen LogP contribution is -2.35. The number of halogens is 5. The summed E-state index contributed by atoms with van der Waals surface area (Å²) in [6.07, 6.45) is 0. The van der Waals surface area contributed by atoms with Crippen LogP contribution in [0.1, 0.15) is 28.8 Å². The zero-order valence-electron chi connectivity index (χ0n) is 15.6. The molecule has 3 aromatic rings. The van der Waals surface area contributed by atoms with Gasteiger partial charge in [-0.1, -0.05) is 42.5 Å². The molecule has 0 saturated heterocycles. The van der Waals surface area contributed by atoms with Crippen molar-refractivity contribution in [3.05, 3.63) is 107 Å². The van der Waals surface area contributed by atoms with Gasteiger partial charge in [-0.05, 0) is 29.8 Å². The number of aliphatic imine (C=N–C) groups is 1. The standard InChI is InChI=1S/C22H17F4N3.ClH/c23-16-7-3-1-5-14(16)20-21(15-6-2-4-8-17(15)24)29-22(28-20)27-12-13-9-10-18(25)19(26)11-13;/h1-11,20-21H,12H2,(H2,27,28,29);1H. The average Bonchev–Trinajstić information content (AvgIpc) is 3.13. The minimum Gasteiger partial charge on any atom is -0.352 e. The van der Waals surface area contributed by atoms with Crippen LogP contribution in [0.15, 0.2) is 71.7 Å². The molecule has 156 valence electrons. The van der Waals surface area contributed by atoms with Gasteiger partial charge in [0.1, 0.15) is 17.7 Å². The van der Waals surface area contributed by atoms with Crippen LogP contribution in [-0.2, 0) is 6.54 Å². The van der Waals surface area contributed by atoms with Crippen molar-refractivity contribution in [2.24, 2.45) is 4.99 Å². The molecule has 2 unspecified atom stereocenters. The number of hydrogen-bond donors (Lipinski definition) is 2. The van der Waals surface area contributed by atoms with Crippen LogP contribution < -0.4 is 10.6 Å². The summed E-state index contributed by atoms with van der Waals surface area (Å²) in [6, 6.07) is 14.7. The molecule has 30 heavy (non-hydrogen) atoms.